The second-order valence-electron chi connectivity index (χ2n) is 5.97. The molecule has 0 unspecified atom stereocenters. The fraction of sp³-hybridized carbons (Fsp3) is 0.111. The molecule has 0 atom stereocenters. The number of benzene rings is 2. The van der Waals surface area contributed by atoms with E-state index in [-0.39, 0.29) is 30.7 Å². The first-order chi connectivity index (χ1) is 14.0. The van der Waals surface area contributed by atoms with Crippen LogP contribution in [0.25, 0.3) is 0 Å². The molecule has 2 aromatic carbocycles. The third kappa shape index (κ3) is 3.83. The van der Waals surface area contributed by atoms with Gasteiger partial charge in [0.25, 0.3) is 0 Å². The van der Waals surface area contributed by atoms with E-state index in [0.29, 0.717) is 11.5 Å². The fourth-order valence-electron chi connectivity index (χ4n) is 2.73. The number of aromatic nitrogens is 2. The maximum Gasteiger partial charge on any atom is 0.353 e. The number of nitro groups is 1. The van der Waals surface area contributed by atoms with Crippen molar-refractivity contribution < 1.29 is 23.2 Å². The second-order valence-corrected chi connectivity index (χ2v) is 5.97. The zero-order chi connectivity index (χ0) is 20.4. The number of anilines is 3. The molecule has 1 aromatic heterocycles. The number of ether oxygens (including phenoxy) is 2. The maximum atomic E-state index is 13.9. The molecule has 1 aliphatic heterocycles. The van der Waals surface area contributed by atoms with Crippen LogP contribution in [0.15, 0.2) is 42.7 Å². The van der Waals surface area contributed by atoms with Crippen molar-refractivity contribution in [3.63, 3.8) is 0 Å². The van der Waals surface area contributed by atoms with E-state index in [4.69, 9.17) is 9.47 Å². The average molecular weight is 401 g/mol. The molecule has 0 spiro atoms. The first kappa shape index (κ1) is 18.3. The highest BCUT2D eigenvalue weighted by Crippen LogP contribution is 2.34. The minimum atomic E-state index is -0.783. The fourth-order valence-corrected chi connectivity index (χ4v) is 2.73. The Labute approximate surface area is 162 Å². The molecule has 0 amide bonds. The molecule has 29 heavy (non-hydrogen) atoms. The van der Waals surface area contributed by atoms with Crippen LogP contribution in [0.4, 0.5) is 31.8 Å². The molecule has 4 rings (SSSR count). The van der Waals surface area contributed by atoms with Crippen LogP contribution < -0.4 is 20.1 Å². The van der Waals surface area contributed by atoms with Crippen LogP contribution in [0.5, 0.6) is 11.5 Å². The highest BCUT2D eigenvalue weighted by Gasteiger charge is 2.24. The molecule has 0 saturated heterocycles. The highest BCUT2D eigenvalue weighted by atomic mass is 19.1. The number of rotatable bonds is 6. The van der Waals surface area contributed by atoms with Crippen LogP contribution in [0.2, 0.25) is 0 Å². The van der Waals surface area contributed by atoms with Crippen molar-refractivity contribution in [2.75, 3.05) is 17.4 Å². The van der Waals surface area contributed by atoms with Crippen molar-refractivity contribution in [2.45, 2.75) is 6.54 Å². The van der Waals surface area contributed by atoms with Crippen molar-refractivity contribution in [3.05, 3.63) is 70.0 Å². The number of fused-ring (bicyclic) bond motifs is 1. The van der Waals surface area contributed by atoms with Gasteiger partial charge in [0.05, 0.1) is 10.6 Å². The average Bonchev–Trinajstić information content (AvgIpc) is 3.17. The Bertz CT molecular complexity index is 1100. The standard InChI is InChI=1S/C18H13F2N5O4/c19-11-2-3-12(20)13(6-11)24-18-16(25(26)27)17(22-8-23-18)21-7-10-1-4-14-15(5-10)29-9-28-14/h1-6,8H,7,9H2,(H2,21,22,23,24). The molecule has 9 nitrogen and oxygen atoms in total. The largest absolute Gasteiger partial charge is 0.454 e. The first-order valence-electron chi connectivity index (χ1n) is 8.35. The van der Waals surface area contributed by atoms with Gasteiger partial charge in [-0.1, -0.05) is 6.07 Å². The van der Waals surface area contributed by atoms with E-state index in [2.05, 4.69) is 20.6 Å². The van der Waals surface area contributed by atoms with Crippen molar-refractivity contribution in [2.24, 2.45) is 0 Å². The SMILES string of the molecule is O=[N+]([O-])c1c(NCc2ccc3c(c2)OCO3)ncnc1Nc1cc(F)ccc1F. The number of hydrogen-bond donors (Lipinski definition) is 2. The first-order valence-corrected chi connectivity index (χ1v) is 8.35. The van der Waals surface area contributed by atoms with Gasteiger partial charge in [0.15, 0.2) is 11.5 Å². The summed E-state index contributed by atoms with van der Waals surface area (Å²) in [4.78, 5) is 18.6. The lowest BCUT2D eigenvalue weighted by Gasteiger charge is -2.11. The van der Waals surface area contributed by atoms with Crippen molar-refractivity contribution in [1.29, 1.82) is 0 Å². The summed E-state index contributed by atoms with van der Waals surface area (Å²) in [6.07, 6.45) is 1.08. The van der Waals surface area contributed by atoms with Crippen molar-refractivity contribution in [3.8, 4) is 11.5 Å². The van der Waals surface area contributed by atoms with Gasteiger partial charge in [0, 0.05) is 12.6 Å². The highest BCUT2D eigenvalue weighted by molar-refractivity contribution is 5.73. The Kier molecular flexibility index (Phi) is 4.77. The van der Waals surface area contributed by atoms with Crippen molar-refractivity contribution >= 4 is 23.0 Å². The van der Waals surface area contributed by atoms with Crippen LogP contribution in [-0.4, -0.2) is 21.7 Å². The molecular weight excluding hydrogens is 388 g/mol. The van der Waals surface area contributed by atoms with E-state index in [1.54, 1.807) is 18.2 Å². The van der Waals surface area contributed by atoms with Gasteiger partial charge < -0.3 is 20.1 Å². The van der Waals surface area contributed by atoms with Crippen LogP contribution in [0.3, 0.4) is 0 Å². The van der Waals surface area contributed by atoms with Gasteiger partial charge >= 0.3 is 5.69 Å². The monoisotopic (exact) mass is 401 g/mol. The summed E-state index contributed by atoms with van der Waals surface area (Å²) < 4.78 is 37.8. The third-order valence-electron chi connectivity index (χ3n) is 4.08. The van der Waals surface area contributed by atoms with E-state index < -0.39 is 22.2 Å². The van der Waals surface area contributed by atoms with Crippen LogP contribution in [0.1, 0.15) is 5.56 Å². The van der Waals surface area contributed by atoms with E-state index in [0.717, 1.165) is 30.1 Å². The molecule has 0 saturated carbocycles. The smallest absolute Gasteiger partial charge is 0.353 e. The molecule has 148 valence electrons. The summed E-state index contributed by atoms with van der Waals surface area (Å²) in [6, 6.07) is 7.96. The minimum Gasteiger partial charge on any atom is -0.454 e. The quantitative estimate of drug-likeness (QED) is 0.475. The van der Waals surface area contributed by atoms with Gasteiger partial charge in [0.2, 0.25) is 18.4 Å². The lowest BCUT2D eigenvalue weighted by Crippen LogP contribution is -2.08. The predicted molar refractivity (Wildman–Crippen MR) is 98.2 cm³/mol. The van der Waals surface area contributed by atoms with Gasteiger partial charge in [-0.15, -0.1) is 0 Å². The molecule has 0 fully saturated rings. The van der Waals surface area contributed by atoms with Gasteiger partial charge in [-0.3, -0.25) is 10.1 Å². The second kappa shape index (κ2) is 7.54. The van der Waals surface area contributed by atoms with Crippen molar-refractivity contribution in [1.82, 2.24) is 9.97 Å². The molecule has 0 aliphatic carbocycles. The lowest BCUT2D eigenvalue weighted by molar-refractivity contribution is -0.383. The van der Waals surface area contributed by atoms with E-state index in [1.807, 2.05) is 0 Å². The molecular formula is C18H13F2N5O4. The van der Waals surface area contributed by atoms with Gasteiger partial charge in [0.1, 0.15) is 18.0 Å². The Hall–Kier alpha value is -4.02. The van der Waals surface area contributed by atoms with Crippen LogP contribution in [-0.2, 0) is 6.54 Å². The molecule has 11 heteroatoms. The zero-order valence-corrected chi connectivity index (χ0v) is 14.7. The summed E-state index contributed by atoms with van der Waals surface area (Å²) in [6.45, 7) is 0.331. The Balaban J connectivity index is 1.59. The molecule has 0 radical (unpaired) electrons. The predicted octanol–water partition coefficient (Wildman–Crippen LogP) is 3.75. The summed E-state index contributed by atoms with van der Waals surface area (Å²) >= 11 is 0. The number of nitrogens with one attached hydrogen (secondary N) is 2. The summed E-state index contributed by atoms with van der Waals surface area (Å²) in [7, 11) is 0. The Morgan fingerprint density at radius 3 is 2.69 bits per heavy atom. The molecule has 1 aliphatic rings. The molecule has 0 bridgehead atoms. The lowest BCUT2D eigenvalue weighted by atomic mass is 10.2. The summed E-state index contributed by atoms with van der Waals surface area (Å²) in [5.74, 6) is -0.651. The normalized spacial score (nSPS) is 11.9. The molecule has 2 N–H and O–H groups in total. The zero-order valence-electron chi connectivity index (χ0n) is 14.7. The van der Waals surface area contributed by atoms with Gasteiger partial charge in [-0.2, -0.15) is 0 Å². The van der Waals surface area contributed by atoms with Crippen LogP contribution >= 0.6 is 0 Å². The number of hydrogen-bond acceptors (Lipinski definition) is 8. The van der Waals surface area contributed by atoms with Gasteiger partial charge in [-0.05, 0) is 29.8 Å². The number of halogens is 2. The minimum absolute atomic E-state index is 0.0815. The van der Waals surface area contributed by atoms with Crippen LogP contribution in [0, 0.1) is 21.7 Å². The van der Waals surface area contributed by atoms with Gasteiger partial charge in [-0.25, -0.2) is 18.7 Å². The molecule has 3 aromatic rings. The van der Waals surface area contributed by atoms with E-state index in [1.165, 1.54) is 0 Å². The Morgan fingerprint density at radius 2 is 1.86 bits per heavy atom. The summed E-state index contributed by atoms with van der Waals surface area (Å²) in [5.41, 5.74) is -0.0155. The Morgan fingerprint density at radius 1 is 1.07 bits per heavy atom. The summed E-state index contributed by atoms with van der Waals surface area (Å²) in [5, 5.41) is 16.9. The number of nitrogens with zero attached hydrogens (tertiary/aromatic N) is 3. The van der Waals surface area contributed by atoms with E-state index in [9.17, 15) is 18.9 Å². The molecule has 2 heterocycles. The van der Waals surface area contributed by atoms with E-state index >= 15 is 0 Å². The maximum absolute atomic E-state index is 13.9. The topological polar surface area (TPSA) is 111 Å². The third-order valence-corrected chi connectivity index (χ3v) is 4.08.